The van der Waals surface area contributed by atoms with E-state index in [4.69, 9.17) is 11.6 Å². The third-order valence-corrected chi connectivity index (χ3v) is 2.58. The summed E-state index contributed by atoms with van der Waals surface area (Å²) in [4.78, 5) is 10.2. The zero-order valence-electron chi connectivity index (χ0n) is 8.65. The second kappa shape index (κ2) is 4.74. The van der Waals surface area contributed by atoms with Crippen molar-refractivity contribution in [3.8, 4) is 0 Å². The zero-order valence-corrected chi connectivity index (χ0v) is 9.41. The van der Waals surface area contributed by atoms with E-state index in [1.165, 1.54) is 0 Å². The molecule has 15 heavy (non-hydrogen) atoms. The highest BCUT2D eigenvalue weighted by Gasteiger charge is 2.13. The Hall–Kier alpha value is -0.910. The summed E-state index contributed by atoms with van der Waals surface area (Å²) in [6, 6.07) is 1.81. The molecule has 0 unspecified atom stereocenters. The van der Waals surface area contributed by atoms with Crippen LogP contribution in [0.25, 0.3) is 0 Å². The van der Waals surface area contributed by atoms with E-state index in [0.717, 1.165) is 32.0 Å². The van der Waals surface area contributed by atoms with Crippen LogP contribution in [0, 0.1) is 0 Å². The molecule has 0 radical (unpaired) electrons. The molecule has 1 aromatic rings. The van der Waals surface area contributed by atoms with Crippen molar-refractivity contribution >= 4 is 17.4 Å². The minimum absolute atomic E-state index is 0.272. The molecule has 0 aromatic carbocycles. The van der Waals surface area contributed by atoms with Crippen LogP contribution >= 0.6 is 11.6 Å². The maximum absolute atomic E-state index is 5.70. The van der Waals surface area contributed by atoms with E-state index >= 15 is 0 Å². The summed E-state index contributed by atoms with van der Waals surface area (Å²) in [5.74, 6) is 0.750. The average molecular weight is 228 g/mol. The topological polar surface area (TPSA) is 44.3 Å². The Balaban J connectivity index is 1.92. The molecule has 1 N–H and O–H groups in total. The summed E-state index contributed by atoms with van der Waals surface area (Å²) in [6.07, 6.45) is 1.65. The smallest absolute Gasteiger partial charge is 0.224 e. The number of rotatable bonds is 2. The number of nitrogens with one attached hydrogen (secondary N) is 1. The Morgan fingerprint density at radius 2 is 2.07 bits per heavy atom. The lowest BCUT2D eigenvalue weighted by Crippen LogP contribution is -2.47. The van der Waals surface area contributed by atoms with Crippen LogP contribution in [0.5, 0.6) is 0 Å². The number of hydrazine groups is 1. The Morgan fingerprint density at radius 1 is 1.33 bits per heavy atom. The fourth-order valence-electron chi connectivity index (χ4n) is 1.48. The fourth-order valence-corrected chi connectivity index (χ4v) is 1.62. The van der Waals surface area contributed by atoms with Crippen LogP contribution in [0.4, 0.5) is 5.82 Å². The Morgan fingerprint density at radius 3 is 2.73 bits per heavy atom. The van der Waals surface area contributed by atoms with E-state index in [0.29, 0.717) is 0 Å². The molecule has 1 aliphatic rings. The summed E-state index contributed by atoms with van der Waals surface area (Å²) in [6.45, 7) is 4.09. The van der Waals surface area contributed by atoms with Crippen LogP contribution in [0.15, 0.2) is 12.3 Å². The van der Waals surface area contributed by atoms with Gasteiger partial charge in [0.1, 0.15) is 5.82 Å². The first-order valence-corrected chi connectivity index (χ1v) is 5.30. The lowest BCUT2D eigenvalue weighted by molar-refractivity contribution is 0.178. The summed E-state index contributed by atoms with van der Waals surface area (Å²) in [7, 11) is 2.12. The van der Waals surface area contributed by atoms with Gasteiger partial charge in [0.15, 0.2) is 0 Å². The summed E-state index contributed by atoms with van der Waals surface area (Å²) >= 11 is 5.70. The largest absolute Gasteiger partial charge is 0.304 e. The Labute approximate surface area is 94.0 Å². The highest BCUT2D eigenvalue weighted by atomic mass is 35.5. The molecular weight excluding hydrogens is 214 g/mol. The molecule has 0 amide bonds. The van der Waals surface area contributed by atoms with E-state index in [2.05, 4.69) is 32.4 Å². The van der Waals surface area contributed by atoms with E-state index in [1.54, 1.807) is 6.20 Å². The lowest BCUT2D eigenvalue weighted by Gasteiger charge is -2.32. The van der Waals surface area contributed by atoms with Crippen molar-refractivity contribution in [1.82, 2.24) is 19.9 Å². The van der Waals surface area contributed by atoms with Crippen LogP contribution in [-0.4, -0.2) is 53.1 Å². The van der Waals surface area contributed by atoms with Crippen molar-refractivity contribution in [3.05, 3.63) is 17.5 Å². The van der Waals surface area contributed by atoms with E-state index in [1.807, 2.05) is 6.07 Å². The highest BCUT2D eigenvalue weighted by Crippen LogP contribution is 2.08. The molecule has 2 rings (SSSR count). The molecule has 2 heterocycles. The van der Waals surface area contributed by atoms with Gasteiger partial charge in [0, 0.05) is 38.4 Å². The lowest BCUT2D eigenvalue weighted by atomic mass is 10.4. The molecule has 0 atom stereocenters. The Bertz CT molecular complexity index is 324. The first-order valence-electron chi connectivity index (χ1n) is 4.93. The zero-order chi connectivity index (χ0) is 10.7. The van der Waals surface area contributed by atoms with Crippen LogP contribution in [-0.2, 0) is 0 Å². The van der Waals surface area contributed by atoms with Crippen LogP contribution < -0.4 is 5.43 Å². The van der Waals surface area contributed by atoms with Gasteiger partial charge in [0.25, 0.3) is 0 Å². The SMILES string of the molecule is CN1CCN(Nc2ccnc(Cl)n2)CC1. The molecule has 1 saturated heterocycles. The van der Waals surface area contributed by atoms with Gasteiger partial charge >= 0.3 is 0 Å². The molecule has 6 heteroatoms. The quantitative estimate of drug-likeness (QED) is 0.754. The third kappa shape index (κ3) is 3.02. The second-order valence-electron chi connectivity index (χ2n) is 3.61. The van der Waals surface area contributed by atoms with Gasteiger partial charge in [-0.3, -0.25) is 0 Å². The molecule has 0 spiro atoms. The van der Waals surface area contributed by atoms with Crippen molar-refractivity contribution in [2.24, 2.45) is 0 Å². The van der Waals surface area contributed by atoms with Gasteiger partial charge < -0.3 is 10.3 Å². The van der Waals surface area contributed by atoms with Crippen LogP contribution in [0.2, 0.25) is 5.28 Å². The van der Waals surface area contributed by atoms with Gasteiger partial charge in [-0.2, -0.15) is 4.98 Å². The summed E-state index contributed by atoms with van der Waals surface area (Å²) in [5, 5.41) is 2.41. The molecule has 0 aliphatic carbocycles. The second-order valence-corrected chi connectivity index (χ2v) is 3.95. The van der Waals surface area contributed by atoms with Crippen molar-refractivity contribution in [2.75, 3.05) is 38.7 Å². The van der Waals surface area contributed by atoms with E-state index < -0.39 is 0 Å². The van der Waals surface area contributed by atoms with Gasteiger partial charge in [0.2, 0.25) is 5.28 Å². The molecule has 0 bridgehead atoms. The van der Waals surface area contributed by atoms with Crippen molar-refractivity contribution in [1.29, 1.82) is 0 Å². The van der Waals surface area contributed by atoms with Gasteiger partial charge in [0.05, 0.1) is 0 Å². The normalized spacial score (nSPS) is 19.1. The minimum Gasteiger partial charge on any atom is -0.304 e. The van der Waals surface area contributed by atoms with E-state index in [-0.39, 0.29) is 5.28 Å². The summed E-state index contributed by atoms with van der Waals surface area (Å²) < 4.78 is 0. The predicted molar refractivity (Wildman–Crippen MR) is 59.7 cm³/mol. The van der Waals surface area contributed by atoms with Gasteiger partial charge in [-0.25, -0.2) is 9.99 Å². The maximum Gasteiger partial charge on any atom is 0.224 e. The highest BCUT2D eigenvalue weighted by molar-refractivity contribution is 6.28. The Kier molecular flexibility index (Phi) is 3.35. The summed E-state index contributed by atoms with van der Waals surface area (Å²) in [5.41, 5.74) is 3.21. The van der Waals surface area contributed by atoms with Gasteiger partial charge in [-0.1, -0.05) is 0 Å². The molecule has 5 nitrogen and oxygen atoms in total. The number of aromatic nitrogens is 2. The standard InChI is InChI=1S/C9H14ClN5/c1-14-4-6-15(7-5-14)13-8-2-3-11-9(10)12-8/h2-3H,4-7H2,1H3,(H,11,12,13). The molecule has 0 saturated carbocycles. The number of likely N-dealkylation sites (N-methyl/N-ethyl adjacent to an activating group) is 1. The number of hydrogen-bond acceptors (Lipinski definition) is 5. The van der Waals surface area contributed by atoms with Crippen molar-refractivity contribution in [3.63, 3.8) is 0 Å². The molecule has 1 fully saturated rings. The fraction of sp³-hybridized carbons (Fsp3) is 0.556. The maximum atomic E-state index is 5.70. The predicted octanol–water partition coefficient (Wildman–Crippen LogP) is 0.704. The molecule has 1 aromatic heterocycles. The number of anilines is 1. The van der Waals surface area contributed by atoms with Gasteiger partial charge in [-0.15, -0.1) is 0 Å². The van der Waals surface area contributed by atoms with Crippen molar-refractivity contribution in [2.45, 2.75) is 0 Å². The van der Waals surface area contributed by atoms with Gasteiger partial charge in [-0.05, 0) is 18.6 Å². The number of hydrogen-bond donors (Lipinski definition) is 1. The molecular formula is C9H14ClN5. The van der Waals surface area contributed by atoms with Crippen LogP contribution in [0.1, 0.15) is 0 Å². The monoisotopic (exact) mass is 227 g/mol. The van der Waals surface area contributed by atoms with Crippen LogP contribution in [0.3, 0.4) is 0 Å². The average Bonchev–Trinajstić information content (AvgIpc) is 2.22. The first kappa shape index (κ1) is 10.6. The number of nitrogens with zero attached hydrogens (tertiary/aromatic N) is 4. The van der Waals surface area contributed by atoms with E-state index in [9.17, 15) is 0 Å². The number of halogens is 1. The molecule has 1 aliphatic heterocycles. The third-order valence-electron chi connectivity index (χ3n) is 2.40. The van der Waals surface area contributed by atoms with Crippen molar-refractivity contribution < 1.29 is 0 Å². The minimum atomic E-state index is 0.272. The molecule has 82 valence electrons. The first-order chi connectivity index (χ1) is 7.24. The number of piperazine rings is 1.